The Balaban J connectivity index is 1.54. The number of nitrogens with two attached hydrogens (primary N) is 1. The summed E-state index contributed by atoms with van der Waals surface area (Å²) in [4.78, 5) is 35.2. The molecule has 2 unspecified atom stereocenters. The van der Waals surface area contributed by atoms with Gasteiger partial charge in [-0.2, -0.15) is 0 Å². The van der Waals surface area contributed by atoms with Crippen LogP contribution in [0.1, 0.15) is 44.1 Å². The van der Waals surface area contributed by atoms with Gasteiger partial charge in [-0.3, -0.25) is 14.9 Å². The molecule has 138 valence electrons. The standard InChI is InChI=1S/C20H24N2O4/c21-18(25)22-16(23)11-26-17(24)20-9-13-6-14(10-20)8-19(7-13,12-20)15-4-2-1-3-5-15/h1-5,13-14H,6-12H2,(H3,21,22,23,25)/t13-,14+,19?,20?. The number of amides is 3. The molecule has 1 aromatic rings. The van der Waals surface area contributed by atoms with Crippen molar-refractivity contribution in [1.82, 2.24) is 5.32 Å². The Kier molecular flexibility index (Phi) is 4.01. The van der Waals surface area contributed by atoms with Gasteiger partial charge < -0.3 is 10.5 Å². The van der Waals surface area contributed by atoms with Gasteiger partial charge in [0.2, 0.25) is 0 Å². The SMILES string of the molecule is NC(=O)NC(=O)COC(=O)C12C[C@H]3C[C@@H](C1)CC(c1ccccc1)(C3)C2. The number of esters is 1. The summed E-state index contributed by atoms with van der Waals surface area (Å²) in [5, 5.41) is 1.93. The normalized spacial score (nSPS) is 34.3. The van der Waals surface area contributed by atoms with Gasteiger partial charge in [0, 0.05) is 0 Å². The van der Waals surface area contributed by atoms with Crippen LogP contribution in [0.2, 0.25) is 0 Å². The summed E-state index contributed by atoms with van der Waals surface area (Å²) >= 11 is 0. The average Bonchev–Trinajstić information content (AvgIpc) is 2.59. The second-order valence-electron chi connectivity index (χ2n) is 8.38. The van der Waals surface area contributed by atoms with Crippen molar-refractivity contribution in [2.45, 2.75) is 43.9 Å². The number of imide groups is 1. The Morgan fingerprint density at radius 3 is 2.35 bits per heavy atom. The number of hydrogen-bond donors (Lipinski definition) is 2. The van der Waals surface area contributed by atoms with Crippen LogP contribution in [0.4, 0.5) is 4.79 Å². The highest BCUT2D eigenvalue weighted by Crippen LogP contribution is 2.66. The Morgan fingerprint density at radius 1 is 1.08 bits per heavy atom. The lowest BCUT2D eigenvalue weighted by atomic mass is 9.43. The minimum absolute atomic E-state index is 0.0415. The lowest BCUT2D eigenvalue weighted by Crippen LogP contribution is -2.57. The molecule has 4 fully saturated rings. The van der Waals surface area contributed by atoms with Crippen molar-refractivity contribution in [2.24, 2.45) is 23.0 Å². The smallest absolute Gasteiger partial charge is 0.318 e. The zero-order chi connectivity index (χ0) is 18.4. The first kappa shape index (κ1) is 17.1. The van der Waals surface area contributed by atoms with E-state index in [4.69, 9.17) is 10.5 Å². The molecular weight excluding hydrogens is 332 g/mol. The van der Waals surface area contributed by atoms with E-state index >= 15 is 0 Å². The molecule has 26 heavy (non-hydrogen) atoms. The van der Waals surface area contributed by atoms with Gasteiger partial charge in [-0.25, -0.2) is 4.79 Å². The van der Waals surface area contributed by atoms with E-state index in [-0.39, 0.29) is 11.4 Å². The van der Waals surface area contributed by atoms with E-state index in [9.17, 15) is 14.4 Å². The molecule has 0 spiro atoms. The summed E-state index contributed by atoms with van der Waals surface area (Å²) < 4.78 is 5.31. The van der Waals surface area contributed by atoms with Gasteiger partial charge in [0.15, 0.2) is 6.61 Å². The quantitative estimate of drug-likeness (QED) is 0.809. The van der Waals surface area contributed by atoms with E-state index in [1.165, 1.54) is 12.0 Å². The maximum absolute atomic E-state index is 12.9. The molecule has 6 nitrogen and oxygen atoms in total. The second kappa shape index (κ2) is 6.11. The fraction of sp³-hybridized carbons (Fsp3) is 0.550. The van der Waals surface area contributed by atoms with E-state index in [0.717, 1.165) is 32.1 Å². The number of hydrogen-bond acceptors (Lipinski definition) is 4. The van der Waals surface area contributed by atoms with Crippen LogP contribution in [0.3, 0.4) is 0 Å². The molecule has 3 N–H and O–H groups in total. The molecule has 3 amide bonds. The third-order valence-electron chi connectivity index (χ3n) is 6.48. The fourth-order valence-corrected chi connectivity index (χ4v) is 6.09. The highest BCUT2D eigenvalue weighted by Gasteiger charge is 2.61. The maximum Gasteiger partial charge on any atom is 0.318 e. The predicted molar refractivity (Wildman–Crippen MR) is 93.9 cm³/mol. The van der Waals surface area contributed by atoms with Crippen LogP contribution in [0.25, 0.3) is 0 Å². The number of rotatable bonds is 4. The van der Waals surface area contributed by atoms with Crippen LogP contribution < -0.4 is 11.1 Å². The number of carbonyl (C=O) groups is 3. The Labute approximate surface area is 152 Å². The molecule has 4 aliphatic rings. The first-order chi connectivity index (χ1) is 12.4. The molecule has 0 aliphatic heterocycles. The highest BCUT2D eigenvalue weighted by molar-refractivity contribution is 5.95. The van der Waals surface area contributed by atoms with Crippen molar-refractivity contribution >= 4 is 17.9 Å². The molecule has 5 rings (SSSR count). The average molecular weight is 356 g/mol. The predicted octanol–water partition coefficient (Wildman–Crippen LogP) is 2.26. The first-order valence-electron chi connectivity index (χ1n) is 9.23. The van der Waals surface area contributed by atoms with Crippen molar-refractivity contribution in [3.8, 4) is 0 Å². The first-order valence-corrected chi connectivity index (χ1v) is 9.23. The van der Waals surface area contributed by atoms with E-state index in [1.807, 2.05) is 11.4 Å². The van der Waals surface area contributed by atoms with Crippen molar-refractivity contribution in [1.29, 1.82) is 0 Å². The van der Waals surface area contributed by atoms with E-state index in [0.29, 0.717) is 11.8 Å². The van der Waals surface area contributed by atoms with E-state index in [2.05, 4.69) is 24.3 Å². The van der Waals surface area contributed by atoms with Crippen molar-refractivity contribution in [3.63, 3.8) is 0 Å². The van der Waals surface area contributed by atoms with Crippen LogP contribution in [0.5, 0.6) is 0 Å². The van der Waals surface area contributed by atoms with Gasteiger partial charge in [0.25, 0.3) is 5.91 Å². The zero-order valence-corrected chi connectivity index (χ0v) is 14.7. The van der Waals surface area contributed by atoms with Gasteiger partial charge in [-0.1, -0.05) is 30.3 Å². The molecule has 0 saturated heterocycles. The second-order valence-corrected chi connectivity index (χ2v) is 8.38. The molecule has 0 aromatic heterocycles. The van der Waals surface area contributed by atoms with Gasteiger partial charge in [-0.15, -0.1) is 0 Å². The highest BCUT2D eigenvalue weighted by atomic mass is 16.5. The zero-order valence-electron chi connectivity index (χ0n) is 14.7. The summed E-state index contributed by atoms with van der Waals surface area (Å²) in [6, 6.07) is 9.55. The van der Waals surface area contributed by atoms with Crippen LogP contribution in [-0.2, 0) is 19.7 Å². The van der Waals surface area contributed by atoms with Crippen molar-refractivity contribution in [3.05, 3.63) is 35.9 Å². The lowest BCUT2D eigenvalue weighted by Gasteiger charge is -2.61. The molecule has 0 heterocycles. The molecular formula is C20H24N2O4. The molecule has 4 atom stereocenters. The van der Waals surface area contributed by atoms with Gasteiger partial charge in [0.1, 0.15) is 0 Å². The Hall–Kier alpha value is -2.37. The van der Waals surface area contributed by atoms with Gasteiger partial charge in [0.05, 0.1) is 5.41 Å². The fourth-order valence-electron chi connectivity index (χ4n) is 6.09. The number of nitrogens with one attached hydrogen (secondary N) is 1. The minimum Gasteiger partial charge on any atom is -0.455 e. The topological polar surface area (TPSA) is 98.5 Å². The molecule has 0 radical (unpaired) electrons. The number of primary amides is 1. The van der Waals surface area contributed by atoms with Crippen LogP contribution in [-0.4, -0.2) is 24.5 Å². The van der Waals surface area contributed by atoms with Crippen molar-refractivity contribution in [2.75, 3.05) is 6.61 Å². The molecule has 1 aromatic carbocycles. The Bertz CT molecular complexity index is 731. The largest absolute Gasteiger partial charge is 0.455 e. The van der Waals surface area contributed by atoms with E-state index in [1.54, 1.807) is 0 Å². The van der Waals surface area contributed by atoms with E-state index < -0.39 is 24.0 Å². The number of ether oxygens (including phenoxy) is 1. The van der Waals surface area contributed by atoms with Crippen molar-refractivity contribution < 1.29 is 19.1 Å². The third-order valence-corrected chi connectivity index (χ3v) is 6.48. The molecule has 6 heteroatoms. The van der Waals surface area contributed by atoms with Crippen LogP contribution in [0.15, 0.2) is 30.3 Å². The van der Waals surface area contributed by atoms with Gasteiger partial charge in [-0.05, 0) is 61.3 Å². The number of benzene rings is 1. The summed E-state index contributed by atoms with van der Waals surface area (Å²) in [5.41, 5.74) is 5.77. The number of urea groups is 1. The minimum atomic E-state index is -0.941. The number of carbonyl (C=O) groups excluding carboxylic acids is 3. The maximum atomic E-state index is 12.9. The lowest BCUT2D eigenvalue weighted by molar-refractivity contribution is -0.175. The summed E-state index contributed by atoms with van der Waals surface area (Å²) in [5.74, 6) is 0.0757. The van der Waals surface area contributed by atoms with Crippen LogP contribution >= 0.6 is 0 Å². The van der Waals surface area contributed by atoms with Gasteiger partial charge >= 0.3 is 12.0 Å². The molecule has 4 aliphatic carbocycles. The summed E-state index contributed by atoms with van der Waals surface area (Å²) in [6.07, 6.45) is 5.91. The van der Waals surface area contributed by atoms with Crippen LogP contribution in [0, 0.1) is 17.3 Å². The molecule has 4 bridgehead atoms. The molecule has 4 saturated carbocycles. The summed E-state index contributed by atoms with van der Waals surface area (Å²) in [6.45, 7) is -0.461. The summed E-state index contributed by atoms with van der Waals surface area (Å²) in [7, 11) is 0. The Morgan fingerprint density at radius 2 is 1.73 bits per heavy atom. The monoisotopic (exact) mass is 356 g/mol. The third kappa shape index (κ3) is 2.87.